The number of urea groups is 1. The number of anilines is 1. The van der Waals surface area contributed by atoms with E-state index in [0.29, 0.717) is 18.7 Å². The molecule has 2 aliphatic rings. The average molecular weight is 463 g/mol. The summed E-state index contributed by atoms with van der Waals surface area (Å²) in [6.45, 7) is 5.68. The lowest BCUT2D eigenvalue weighted by molar-refractivity contribution is -0.134. The van der Waals surface area contributed by atoms with Crippen LogP contribution in [0.15, 0.2) is 30.6 Å². The number of amides is 3. The third-order valence-corrected chi connectivity index (χ3v) is 4.99. The minimum absolute atomic E-state index is 0.186. The molecular formula is C20H29N7O6. The van der Waals surface area contributed by atoms with Gasteiger partial charge in [0.25, 0.3) is 0 Å². The summed E-state index contributed by atoms with van der Waals surface area (Å²) in [5.74, 6) is -1.91. The summed E-state index contributed by atoms with van der Waals surface area (Å²) in [5, 5.41) is 17.2. The van der Waals surface area contributed by atoms with E-state index in [9.17, 15) is 19.2 Å². The lowest BCUT2D eigenvalue weighted by Crippen LogP contribution is -2.59. The summed E-state index contributed by atoms with van der Waals surface area (Å²) in [4.78, 5) is 56.9. The van der Waals surface area contributed by atoms with Crippen LogP contribution in [0, 0.1) is 0 Å². The highest BCUT2D eigenvalue weighted by Crippen LogP contribution is 2.10. The van der Waals surface area contributed by atoms with E-state index in [1.807, 2.05) is 6.07 Å². The van der Waals surface area contributed by atoms with Crippen molar-refractivity contribution in [3.63, 3.8) is 0 Å². The SMILES string of the molecule is CN1C(=O)CNN(CCCCN2CCN(c3ncccn3)CC2)C1=O.O=C(O)/C=C/C(=O)O. The number of unbranched alkanes of at least 4 members (excludes halogenated alkanes) is 1. The fraction of sp³-hybridized carbons (Fsp3) is 0.500. The molecule has 0 aliphatic carbocycles. The number of nitrogens with one attached hydrogen (secondary N) is 1. The van der Waals surface area contributed by atoms with Gasteiger partial charge in [0.1, 0.15) is 0 Å². The Morgan fingerprint density at radius 2 is 1.58 bits per heavy atom. The van der Waals surface area contributed by atoms with Crippen molar-refractivity contribution >= 4 is 29.8 Å². The number of hydrogen-bond donors (Lipinski definition) is 3. The van der Waals surface area contributed by atoms with Crippen LogP contribution in [-0.2, 0) is 14.4 Å². The second-order valence-corrected chi connectivity index (χ2v) is 7.32. The topological polar surface area (TPSA) is 160 Å². The molecular weight excluding hydrogens is 434 g/mol. The summed E-state index contributed by atoms with van der Waals surface area (Å²) < 4.78 is 0. The zero-order valence-electron chi connectivity index (χ0n) is 18.5. The first-order valence-electron chi connectivity index (χ1n) is 10.5. The summed E-state index contributed by atoms with van der Waals surface area (Å²) >= 11 is 0. The molecule has 3 heterocycles. The molecule has 1 aromatic heterocycles. The number of hydrogen-bond acceptors (Lipinski definition) is 9. The second kappa shape index (κ2) is 13.1. The van der Waals surface area contributed by atoms with E-state index in [1.165, 1.54) is 17.0 Å². The predicted octanol–water partition coefficient (Wildman–Crippen LogP) is -0.511. The van der Waals surface area contributed by atoms with Gasteiger partial charge in [0.2, 0.25) is 11.9 Å². The van der Waals surface area contributed by atoms with Crippen LogP contribution in [0.2, 0.25) is 0 Å². The van der Waals surface area contributed by atoms with Crippen molar-refractivity contribution in [3.8, 4) is 0 Å². The molecule has 0 aromatic carbocycles. The Kier molecular flexibility index (Phi) is 10.2. The van der Waals surface area contributed by atoms with E-state index in [2.05, 4.69) is 25.2 Å². The van der Waals surface area contributed by atoms with Crippen LogP contribution in [0.4, 0.5) is 10.7 Å². The quantitative estimate of drug-likeness (QED) is 0.336. The van der Waals surface area contributed by atoms with Gasteiger partial charge in [0, 0.05) is 64.3 Å². The van der Waals surface area contributed by atoms with Gasteiger partial charge in [-0.3, -0.25) is 19.6 Å². The fourth-order valence-electron chi connectivity index (χ4n) is 3.19. The highest BCUT2D eigenvalue weighted by atomic mass is 16.4. The van der Waals surface area contributed by atoms with Crippen LogP contribution in [0.5, 0.6) is 0 Å². The molecule has 3 N–H and O–H groups in total. The standard InChI is InChI=1S/C16H25N7O2.C4H4O4/c1-20-14(24)13-19-23(16(20)25)8-3-2-7-21-9-11-22(12-10-21)15-17-5-4-6-18-15;5-3(6)1-2-4(7)8/h4-6,19H,2-3,7-13H2,1H3;1-2H,(H,5,6)(H,7,8)/b;2-1+. The zero-order valence-corrected chi connectivity index (χ0v) is 18.5. The summed E-state index contributed by atoms with van der Waals surface area (Å²) in [5.41, 5.74) is 2.87. The van der Waals surface area contributed by atoms with Crippen molar-refractivity contribution < 1.29 is 29.4 Å². The first kappa shape index (κ1) is 25.7. The van der Waals surface area contributed by atoms with Crippen molar-refractivity contribution in [1.29, 1.82) is 0 Å². The molecule has 2 saturated heterocycles. The Bertz CT molecular complexity index is 827. The Morgan fingerprint density at radius 1 is 1.00 bits per heavy atom. The second-order valence-electron chi connectivity index (χ2n) is 7.32. The number of carboxylic acids is 2. The van der Waals surface area contributed by atoms with E-state index in [1.54, 1.807) is 12.4 Å². The van der Waals surface area contributed by atoms with Gasteiger partial charge >= 0.3 is 18.0 Å². The molecule has 1 aromatic rings. The molecule has 13 heteroatoms. The number of rotatable bonds is 8. The summed E-state index contributed by atoms with van der Waals surface area (Å²) in [7, 11) is 1.52. The maximum absolute atomic E-state index is 11.9. The number of carbonyl (C=O) groups is 4. The van der Waals surface area contributed by atoms with Crippen LogP contribution in [0.3, 0.4) is 0 Å². The molecule has 0 unspecified atom stereocenters. The lowest BCUT2D eigenvalue weighted by Gasteiger charge is -2.35. The van der Waals surface area contributed by atoms with Crippen LogP contribution < -0.4 is 10.3 Å². The van der Waals surface area contributed by atoms with Gasteiger partial charge in [-0.25, -0.2) is 29.8 Å². The largest absolute Gasteiger partial charge is 0.478 e. The number of carbonyl (C=O) groups excluding carboxylic acids is 2. The van der Waals surface area contributed by atoms with Crippen molar-refractivity contribution in [2.75, 3.05) is 57.8 Å². The first-order valence-corrected chi connectivity index (χ1v) is 10.5. The molecule has 180 valence electrons. The van der Waals surface area contributed by atoms with E-state index in [-0.39, 0.29) is 18.5 Å². The zero-order chi connectivity index (χ0) is 24.2. The van der Waals surface area contributed by atoms with Gasteiger partial charge in [-0.15, -0.1) is 0 Å². The highest BCUT2D eigenvalue weighted by molar-refractivity contribution is 5.96. The molecule has 0 bridgehead atoms. The molecule has 2 fully saturated rings. The number of nitrogens with zero attached hydrogens (tertiary/aromatic N) is 6. The fourth-order valence-corrected chi connectivity index (χ4v) is 3.19. The molecule has 0 radical (unpaired) electrons. The summed E-state index contributed by atoms with van der Waals surface area (Å²) in [6.07, 6.45) is 6.59. The van der Waals surface area contributed by atoms with E-state index < -0.39 is 11.9 Å². The van der Waals surface area contributed by atoms with Crippen LogP contribution in [-0.4, -0.2) is 112 Å². The molecule has 2 aliphatic heterocycles. The molecule has 0 saturated carbocycles. The molecule has 0 atom stereocenters. The number of aromatic nitrogens is 2. The van der Waals surface area contributed by atoms with E-state index in [0.717, 1.165) is 51.5 Å². The normalized spacial score (nSPS) is 17.2. The minimum Gasteiger partial charge on any atom is -0.478 e. The van der Waals surface area contributed by atoms with E-state index in [4.69, 9.17) is 10.2 Å². The van der Waals surface area contributed by atoms with Crippen LogP contribution in [0.25, 0.3) is 0 Å². The number of likely N-dealkylation sites (N-methyl/N-ethyl adjacent to an activating group) is 1. The molecule has 3 rings (SSSR count). The number of piperazine rings is 1. The van der Waals surface area contributed by atoms with Gasteiger partial charge in [0.15, 0.2) is 0 Å². The Morgan fingerprint density at radius 3 is 2.15 bits per heavy atom. The van der Waals surface area contributed by atoms with Crippen molar-refractivity contribution in [3.05, 3.63) is 30.6 Å². The van der Waals surface area contributed by atoms with Crippen LogP contribution in [0.1, 0.15) is 12.8 Å². The maximum atomic E-state index is 11.9. The smallest absolute Gasteiger partial charge is 0.340 e. The molecule has 13 nitrogen and oxygen atoms in total. The summed E-state index contributed by atoms with van der Waals surface area (Å²) in [6, 6.07) is 1.56. The average Bonchev–Trinajstić information content (AvgIpc) is 2.81. The predicted molar refractivity (Wildman–Crippen MR) is 117 cm³/mol. The van der Waals surface area contributed by atoms with Crippen molar-refractivity contribution in [2.45, 2.75) is 12.8 Å². The monoisotopic (exact) mass is 463 g/mol. The maximum Gasteiger partial charge on any atom is 0.340 e. The molecule has 33 heavy (non-hydrogen) atoms. The number of carboxylic acid groups (broad SMARTS) is 2. The van der Waals surface area contributed by atoms with E-state index >= 15 is 0 Å². The first-order chi connectivity index (χ1) is 15.8. The third kappa shape index (κ3) is 8.82. The Balaban J connectivity index is 0.000000414. The minimum atomic E-state index is -1.26. The van der Waals surface area contributed by atoms with Crippen LogP contribution >= 0.6 is 0 Å². The molecule has 0 spiro atoms. The van der Waals surface area contributed by atoms with Crippen molar-refractivity contribution in [1.82, 2.24) is 30.2 Å². The number of imide groups is 1. The number of hydrazine groups is 1. The molecule has 3 amide bonds. The van der Waals surface area contributed by atoms with Gasteiger partial charge < -0.3 is 15.1 Å². The Labute approximate surface area is 191 Å². The van der Waals surface area contributed by atoms with Crippen molar-refractivity contribution in [2.24, 2.45) is 0 Å². The van der Waals surface area contributed by atoms with Gasteiger partial charge in [0.05, 0.1) is 6.54 Å². The number of aliphatic carboxylic acids is 2. The lowest BCUT2D eigenvalue weighted by atomic mass is 10.2. The Hall–Kier alpha value is -3.58. The van der Waals surface area contributed by atoms with Gasteiger partial charge in [-0.05, 0) is 25.5 Å². The van der Waals surface area contributed by atoms with Gasteiger partial charge in [-0.1, -0.05) is 0 Å². The van der Waals surface area contributed by atoms with Gasteiger partial charge in [-0.2, -0.15) is 0 Å². The highest BCUT2D eigenvalue weighted by Gasteiger charge is 2.28. The third-order valence-electron chi connectivity index (χ3n) is 4.99.